The number of benzene rings is 1. The number of hydrogen-bond acceptors (Lipinski definition) is 6. The molecular weight excluding hydrogens is 437 g/mol. The van der Waals surface area contributed by atoms with Crippen molar-refractivity contribution in [3.63, 3.8) is 0 Å². The lowest BCUT2D eigenvalue weighted by Gasteiger charge is -2.07. The van der Waals surface area contributed by atoms with Gasteiger partial charge in [-0.3, -0.25) is 9.59 Å². The van der Waals surface area contributed by atoms with Crippen molar-refractivity contribution in [2.45, 2.75) is 13.1 Å². The molecule has 3 aromatic rings. The zero-order valence-electron chi connectivity index (χ0n) is 13.8. The van der Waals surface area contributed by atoms with Crippen molar-refractivity contribution in [2.24, 2.45) is 0 Å². The van der Waals surface area contributed by atoms with Crippen molar-refractivity contribution in [3.8, 4) is 0 Å². The van der Waals surface area contributed by atoms with Crippen LogP contribution in [0, 0.1) is 5.82 Å². The van der Waals surface area contributed by atoms with E-state index in [1.54, 1.807) is 18.3 Å². The molecule has 27 heavy (non-hydrogen) atoms. The molecule has 0 bridgehead atoms. The zero-order valence-corrected chi connectivity index (χ0v) is 16.2. The smallest absolute Gasteiger partial charge is 0.270 e. The summed E-state index contributed by atoms with van der Waals surface area (Å²) in [6.45, 7) is 0.467. The fourth-order valence-electron chi connectivity index (χ4n) is 2.11. The van der Waals surface area contributed by atoms with Gasteiger partial charge in [0.2, 0.25) is 0 Å². The Kier molecular flexibility index (Phi) is 6.20. The van der Waals surface area contributed by atoms with E-state index >= 15 is 0 Å². The summed E-state index contributed by atoms with van der Waals surface area (Å²) in [4.78, 5) is 36.3. The number of thiazole rings is 1. The van der Waals surface area contributed by atoms with E-state index in [-0.39, 0.29) is 30.3 Å². The summed E-state index contributed by atoms with van der Waals surface area (Å²) in [6.07, 6.45) is 2.81. The summed E-state index contributed by atoms with van der Waals surface area (Å²) >= 11 is 4.52. The molecule has 0 unspecified atom stereocenters. The third-order valence-electron chi connectivity index (χ3n) is 3.45. The Bertz CT molecular complexity index is 968. The van der Waals surface area contributed by atoms with Gasteiger partial charge in [-0.1, -0.05) is 6.07 Å². The van der Waals surface area contributed by atoms with Crippen molar-refractivity contribution >= 4 is 39.1 Å². The van der Waals surface area contributed by atoms with Crippen LogP contribution in [0.2, 0.25) is 0 Å². The fourth-order valence-corrected chi connectivity index (χ4v) is 3.10. The third kappa shape index (κ3) is 5.14. The molecule has 3 rings (SSSR count). The Labute approximate surface area is 166 Å². The van der Waals surface area contributed by atoms with Gasteiger partial charge in [-0.15, -0.1) is 11.3 Å². The van der Waals surface area contributed by atoms with Gasteiger partial charge < -0.3 is 10.6 Å². The van der Waals surface area contributed by atoms with Crippen LogP contribution in [0.3, 0.4) is 0 Å². The molecule has 0 fully saturated rings. The van der Waals surface area contributed by atoms with Gasteiger partial charge in [0.1, 0.15) is 28.5 Å². The van der Waals surface area contributed by atoms with Gasteiger partial charge in [0, 0.05) is 24.2 Å². The van der Waals surface area contributed by atoms with Gasteiger partial charge in [0.15, 0.2) is 0 Å². The van der Waals surface area contributed by atoms with Gasteiger partial charge in [0.05, 0.1) is 11.0 Å². The predicted molar refractivity (Wildman–Crippen MR) is 101 cm³/mol. The minimum atomic E-state index is -0.466. The Morgan fingerprint density at radius 2 is 1.74 bits per heavy atom. The van der Waals surface area contributed by atoms with E-state index in [9.17, 15) is 14.0 Å². The van der Waals surface area contributed by atoms with E-state index in [1.807, 2.05) is 5.38 Å². The average Bonchev–Trinajstić information content (AvgIpc) is 3.20. The van der Waals surface area contributed by atoms with E-state index in [2.05, 4.69) is 41.5 Å². The quantitative estimate of drug-likeness (QED) is 0.602. The highest BCUT2D eigenvalue weighted by Gasteiger charge is 2.13. The zero-order chi connectivity index (χ0) is 19.2. The van der Waals surface area contributed by atoms with Gasteiger partial charge >= 0.3 is 0 Å². The molecule has 2 amide bonds. The van der Waals surface area contributed by atoms with E-state index in [4.69, 9.17) is 0 Å². The predicted octanol–water partition coefficient (Wildman–Crippen LogP) is 2.69. The van der Waals surface area contributed by atoms with Crippen LogP contribution in [0.4, 0.5) is 4.39 Å². The van der Waals surface area contributed by atoms with Crippen molar-refractivity contribution in [1.82, 2.24) is 25.6 Å². The van der Waals surface area contributed by atoms with Crippen LogP contribution in [0.5, 0.6) is 0 Å². The molecule has 7 nitrogen and oxygen atoms in total. The number of aromatic nitrogens is 3. The largest absolute Gasteiger partial charge is 0.347 e. The molecule has 2 N–H and O–H groups in total. The number of amides is 2. The molecule has 0 radical (unpaired) electrons. The van der Waals surface area contributed by atoms with E-state index in [0.29, 0.717) is 10.0 Å². The van der Waals surface area contributed by atoms with E-state index in [0.717, 1.165) is 11.3 Å². The van der Waals surface area contributed by atoms with Crippen LogP contribution in [-0.4, -0.2) is 26.8 Å². The molecule has 2 aromatic heterocycles. The maximum absolute atomic E-state index is 13.2. The van der Waals surface area contributed by atoms with Gasteiger partial charge in [-0.2, -0.15) is 0 Å². The highest BCUT2D eigenvalue weighted by atomic mass is 79.9. The van der Waals surface area contributed by atoms with Crippen LogP contribution in [0.1, 0.15) is 31.5 Å². The first-order valence-electron chi connectivity index (χ1n) is 7.73. The van der Waals surface area contributed by atoms with Crippen LogP contribution in [0.25, 0.3) is 0 Å². The standard InChI is InChI=1S/C17H13BrFN5O2S/c18-11-5-10(1-2-12(11)19)7-21-16(25)13-6-14(24-9-23-13)17(26)22-8-15-20-3-4-27-15/h1-6,9H,7-8H2,(H,21,25)(H,22,26). The highest BCUT2D eigenvalue weighted by molar-refractivity contribution is 9.10. The second kappa shape index (κ2) is 8.78. The summed E-state index contributed by atoms with van der Waals surface area (Å²) in [6, 6.07) is 5.76. The molecule has 0 aliphatic rings. The number of nitrogens with zero attached hydrogens (tertiary/aromatic N) is 3. The van der Waals surface area contributed by atoms with E-state index in [1.165, 1.54) is 23.5 Å². The molecule has 0 aliphatic carbocycles. The number of carbonyl (C=O) groups is 2. The lowest BCUT2D eigenvalue weighted by molar-refractivity contribution is 0.0944. The number of nitrogens with one attached hydrogen (secondary N) is 2. The van der Waals surface area contributed by atoms with Crippen LogP contribution in [-0.2, 0) is 13.1 Å². The first kappa shape index (κ1) is 19.1. The number of halogens is 2. The molecule has 2 heterocycles. The molecule has 0 saturated heterocycles. The lowest BCUT2D eigenvalue weighted by Crippen LogP contribution is -2.27. The maximum atomic E-state index is 13.2. The summed E-state index contributed by atoms with van der Waals surface area (Å²) in [7, 11) is 0. The number of carbonyl (C=O) groups excluding carboxylic acids is 2. The van der Waals surface area contributed by atoms with Gasteiger partial charge in [-0.25, -0.2) is 19.3 Å². The minimum absolute atomic E-state index is 0.0607. The summed E-state index contributed by atoms with van der Waals surface area (Å²) in [5, 5.41) is 7.93. The fraction of sp³-hybridized carbons (Fsp3) is 0.118. The number of rotatable bonds is 6. The lowest BCUT2D eigenvalue weighted by atomic mass is 10.2. The average molecular weight is 450 g/mol. The Morgan fingerprint density at radius 3 is 2.37 bits per heavy atom. The minimum Gasteiger partial charge on any atom is -0.347 e. The molecule has 138 valence electrons. The second-order valence-electron chi connectivity index (χ2n) is 5.33. The number of hydrogen-bond donors (Lipinski definition) is 2. The highest BCUT2D eigenvalue weighted by Crippen LogP contribution is 2.16. The molecule has 1 aromatic carbocycles. The third-order valence-corrected chi connectivity index (χ3v) is 4.84. The maximum Gasteiger partial charge on any atom is 0.270 e. The first-order valence-corrected chi connectivity index (χ1v) is 9.41. The van der Waals surface area contributed by atoms with Gasteiger partial charge in [0.25, 0.3) is 11.8 Å². The summed E-state index contributed by atoms with van der Waals surface area (Å²) < 4.78 is 13.6. The molecule has 10 heteroatoms. The van der Waals surface area contributed by atoms with Crippen molar-refractivity contribution in [3.05, 3.63) is 74.4 Å². The Balaban J connectivity index is 1.60. The van der Waals surface area contributed by atoms with Crippen LogP contribution < -0.4 is 10.6 Å². The van der Waals surface area contributed by atoms with Crippen molar-refractivity contribution in [2.75, 3.05) is 0 Å². The second-order valence-corrected chi connectivity index (χ2v) is 7.16. The molecule has 0 atom stereocenters. The van der Waals surface area contributed by atoms with Gasteiger partial charge in [-0.05, 0) is 33.6 Å². The Hall–Kier alpha value is -2.72. The van der Waals surface area contributed by atoms with Crippen molar-refractivity contribution in [1.29, 1.82) is 0 Å². The Morgan fingerprint density at radius 1 is 1.04 bits per heavy atom. The van der Waals surface area contributed by atoms with Crippen LogP contribution >= 0.6 is 27.3 Å². The molecule has 0 aliphatic heterocycles. The van der Waals surface area contributed by atoms with Crippen LogP contribution in [0.15, 0.2) is 46.6 Å². The normalized spacial score (nSPS) is 10.4. The molecular formula is C17H13BrFN5O2S. The first-order chi connectivity index (χ1) is 13.0. The SMILES string of the molecule is O=C(NCc1ccc(F)c(Br)c1)c1cc(C(=O)NCc2nccs2)ncn1. The molecule has 0 spiro atoms. The summed E-state index contributed by atoms with van der Waals surface area (Å²) in [5.74, 6) is -1.27. The summed E-state index contributed by atoms with van der Waals surface area (Å²) in [5.41, 5.74) is 0.855. The van der Waals surface area contributed by atoms with E-state index < -0.39 is 11.8 Å². The molecule has 0 saturated carbocycles. The van der Waals surface area contributed by atoms with Crippen molar-refractivity contribution < 1.29 is 14.0 Å². The monoisotopic (exact) mass is 449 g/mol. The topological polar surface area (TPSA) is 96.9 Å².